The smallest absolute Gasteiger partial charge is 0.352 e. The van der Waals surface area contributed by atoms with E-state index in [4.69, 9.17) is 21.7 Å². The lowest BCUT2D eigenvalue weighted by atomic mass is 10.0. The number of carbonyl (C=O) groups excluding carboxylic acids is 3. The molecule has 14 heteroatoms. The van der Waals surface area contributed by atoms with E-state index in [1.807, 2.05) is 0 Å². The molecule has 1 fully saturated rings. The molecule has 0 aliphatic carbocycles. The van der Waals surface area contributed by atoms with E-state index >= 15 is 0 Å². The van der Waals surface area contributed by atoms with Gasteiger partial charge in [0.15, 0.2) is 5.13 Å². The molecule has 3 rings (SSSR count). The average molecular weight is 479 g/mol. The molecule has 0 spiro atoms. The van der Waals surface area contributed by atoms with Gasteiger partial charge >= 0.3 is 11.9 Å². The summed E-state index contributed by atoms with van der Waals surface area (Å²) in [6.45, 7) is 0.964. The minimum atomic E-state index is -1.33. The number of nitrogens with two attached hydrogens (primary N) is 1. The number of terminal acetylenes is 1. The molecule has 168 valence electrons. The third-order valence-electron chi connectivity index (χ3n) is 4.29. The number of hydrogen-bond donors (Lipinski definition) is 3. The Morgan fingerprint density at radius 3 is 2.91 bits per heavy atom. The van der Waals surface area contributed by atoms with Crippen molar-refractivity contribution < 1.29 is 33.9 Å². The number of esters is 1. The van der Waals surface area contributed by atoms with Crippen LogP contribution >= 0.6 is 23.1 Å². The minimum absolute atomic E-state index is 0.216. The van der Waals surface area contributed by atoms with Crippen LogP contribution in [-0.2, 0) is 28.8 Å². The van der Waals surface area contributed by atoms with Crippen LogP contribution in [0.2, 0.25) is 0 Å². The van der Waals surface area contributed by atoms with Gasteiger partial charge in [-0.15, -0.1) is 29.5 Å². The number of anilines is 1. The number of β-lactam (4-membered cyclic amide) rings is 1. The second-order valence-corrected chi connectivity index (χ2v) is 8.43. The summed E-state index contributed by atoms with van der Waals surface area (Å²) in [6.07, 6.45) is 5.23. The van der Waals surface area contributed by atoms with E-state index in [1.165, 1.54) is 30.0 Å². The topological polar surface area (TPSA) is 174 Å². The Kier molecular flexibility index (Phi) is 7.01. The highest BCUT2D eigenvalue weighted by Gasteiger charge is 2.54. The van der Waals surface area contributed by atoms with Crippen molar-refractivity contribution in [3.63, 3.8) is 0 Å². The van der Waals surface area contributed by atoms with Crippen LogP contribution in [0, 0.1) is 12.3 Å². The number of carbonyl (C=O) groups is 4. The predicted molar refractivity (Wildman–Crippen MR) is 114 cm³/mol. The molecule has 0 bridgehead atoms. The number of amides is 2. The van der Waals surface area contributed by atoms with Crippen LogP contribution in [0.25, 0.3) is 0 Å². The van der Waals surface area contributed by atoms with Gasteiger partial charge in [-0.25, -0.2) is 9.78 Å². The van der Waals surface area contributed by atoms with E-state index in [-0.39, 0.29) is 18.1 Å². The number of nitrogens with one attached hydrogen (secondary N) is 1. The second kappa shape index (κ2) is 9.71. The Morgan fingerprint density at radius 2 is 2.31 bits per heavy atom. The van der Waals surface area contributed by atoms with Crippen LogP contribution in [0.15, 0.2) is 21.8 Å². The number of thioether (sulfide) groups is 1. The van der Waals surface area contributed by atoms with Crippen molar-refractivity contribution in [2.45, 2.75) is 24.4 Å². The van der Waals surface area contributed by atoms with E-state index in [9.17, 15) is 24.3 Å². The van der Waals surface area contributed by atoms with E-state index < -0.39 is 41.3 Å². The molecule has 1 aromatic heterocycles. The number of nitrogen functional groups attached to an aromatic ring is 1. The lowest BCUT2D eigenvalue weighted by Crippen LogP contribution is -2.70. The Balaban J connectivity index is 1.60. The van der Waals surface area contributed by atoms with Gasteiger partial charge in [0, 0.05) is 23.6 Å². The van der Waals surface area contributed by atoms with Crippen molar-refractivity contribution in [2.24, 2.45) is 5.16 Å². The Bertz CT molecular complexity index is 1060. The number of oxime groups is 1. The van der Waals surface area contributed by atoms with Crippen LogP contribution in [0.3, 0.4) is 0 Å². The first kappa shape index (κ1) is 23.1. The van der Waals surface area contributed by atoms with Crippen LogP contribution in [0.4, 0.5) is 5.13 Å². The van der Waals surface area contributed by atoms with E-state index in [0.717, 1.165) is 11.1 Å². The minimum Gasteiger partial charge on any atom is -0.477 e. The SMILES string of the molecule is C#CC(O/N=C\C(=O)NC1C(=O)N2C(C(=O)O)=C(COC(C)=O)CSC12)c1csc(N)n1. The van der Waals surface area contributed by atoms with Gasteiger partial charge in [0.1, 0.15) is 35.6 Å². The van der Waals surface area contributed by atoms with Crippen LogP contribution in [0.5, 0.6) is 0 Å². The molecular formula is C18H17N5O7S2. The zero-order valence-corrected chi connectivity index (χ0v) is 18.1. The van der Waals surface area contributed by atoms with Crippen molar-refractivity contribution in [3.05, 3.63) is 22.3 Å². The monoisotopic (exact) mass is 479 g/mol. The fourth-order valence-corrected chi connectivity index (χ4v) is 4.81. The van der Waals surface area contributed by atoms with Gasteiger partial charge in [-0.1, -0.05) is 11.1 Å². The third kappa shape index (κ3) is 4.84. The summed E-state index contributed by atoms with van der Waals surface area (Å²) in [7, 11) is 0. The Hall–Kier alpha value is -3.57. The first-order chi connectivity index (χ1) is 15.2. The zero-order valence-electron chi connectivity index (χ0n) is 16.5. The molecule has 0 saturated carbocycles. The highest BCUT2D eigenvalue weighted by molar-refractivity contribution is 8.00. The highest BCUT2D eigenvalue weighted by Crippen LogP contribution is 2.40. The summed E-state index contributed by atoms with van der Waals surface area (Å²) in [5.41, 5.74) is 5.96. The van der Waals surface area contributed by atoms with Crippen molar-refractivity contribution in [1.29, 1.82) is 0 Å². The van der Waals surface area contributed by atoms with Crippen LogP contribution < -0.4 is 11.1 Å². The van der Waals surface area contributed by atoms with Crippen molar-refractivity contribution >= 4 is 58.2 Å². The first-order valence-electron chi connectivity index (χ1n) is 8.93. The molecule has 12 nitrogen and oxygen atoms in total. The number of carboxylic acid groups (broad SMARTS) is 1. The number of aromatic nitrogens is 1. The number of fused-ring (bicyclic) bond motifs is 1. The standard InChI is InChI=1S/C18H17N5O7S2/c1-3-11(10-7-32-18(19)21-10)30-20-4-12(25)22-13-15(26)23-14(17(27)28)9(5-29-8(2)24)6-31-16(13)23/h1,4,7,11,13,16H,5-6H2,2H3,(H2,19,21)(H,22,25)(H,27,28)/b20-4-. The Morgan fingerprint density at radius 1 is 1.56 bits per heavy atom. The molecule has 3 heterocycles. The summed E-state index contributed by atoms with van der Waals surface area (Å²) >= 11 is 2.41. The molecule has 4 N–H and O–H groups in total. The van der Waals surface area contributed by atoms with Crippen LogP contribution in [0.1, 0.15) is 18.7 Å². The summed E-state index contributed by atoms with van der Waals surface area (Å²) in [5.74, 6) is -0.705. The molecule has 0 radical (unpaired) electrons. The molecular weight excluding hydrogens is 462 g/mol. The molecule has 2 amide bonds. The Labute approximate surface area is 189 Å². The number of carboxylic acids is 1. The van der Waals surface area contributed by atoms with E-state index in [0.29, 0.717) is 16.4 Å². The summed E-state index contributed by atoms with van der Waals surface area (Å²) in [4.78, 5) is 57.5. The average Bonchev–Trinajstić information content (AvgIpc) is 3.18. The van der Waals surface area contributed by atoms with Gasteiger partial charge in [0.2, 0.25) is 6.10 Å². The quantitative estimate of drug-likeness (QED) is 0.148. The van der Waals surface area contributed by atoms with Crippen LogP contribution in [-0.4, -0.2) is 68.7 Å². The summed E-state index contributed by atoms with van der Waals surface area (Å²) in [6, 6.07) is -0.953. The third-order valence-corrected chi connectivity index (χ3v) is 6.32. The number of nitrogens with zero attached hydrogens (tertiary/aromatic N) is 3. The summed E-state index contributed by atoms with van der Waals surface area (Å²) in [5, 5.41) is 16.8. The van der Waals surface area contributed by atoms with Gasteiger partial charge in [-0.3, -0.25) is 19.3 Å². The number of thiazole rings is 1. The van der Waals surface area contributed by atoms with Crippen molar-refractivity contribution in [2.75, 3.05) is 18.1 Å². The number of aliphatic carboxylic acids is 1. The van der Waals surface area contributed by atoms with Gasteiger partial charge in [-0.2, -0.15) is 0 Å². The molecule has 2 aliphatic heterocycles. The van der Waals surface area contributed by atoms with Gasteiger partial charge < -0.3 is 25.7 Å². The molecule has 1 saturated heterocycles. The number of rotatable bonds is 8. The maximum atomic E-state index is 12.5. The molecule has 2 aliphatic rings. The molecule has 3 unspecified atom stereocenters. The van der Waals surface area contributed by atoms with Crippen molar-refractivity contribution in [1.82, 2.24) is 15.2 Å². The summed E-state index contributed by atoms with van der Waals surface area (Å²) < 4.78 is 4.86. The molecule has 32 heavy (non-hydrogen) atoms. The van der Waals surface area contributed by atoms with E-state index in [2.05, 4.69) is 21.4 Å². The van der Waals surface area contributed by atoms with Gasteiger partial charge in [-0.05, 0) is 0 Å². The predicted octanol–water partition coefficient (Wildman–Crippen LogP) is -0.296. The second-order valence-electron chi connectivity index (χ2n) is 6.43. The maximum absolute atomic E-state index is 12.5. The fourth-order valence-electron chi connectivity index (χ4n) is 2.90. The zero-order chi connectivity index (χ0) is 23.4. The largest absolute Gasteiger partial charge is 0.477 e. The fraction of sp³-hybridized carbons (Fsp3) is 0.333. The molecule has 0 aromatic carbocycles. The number of ether oxygens (including phenoxy) is 1. The highest BCUT2D eigenvalue weighted by atomic mass is 32.2. The normalized spacial score (nSPS) is 20.8. The first-order valence-corrected chi connectivity index (χ1v) is 10.9. The number of hydrogen-bond acceptors (Lipinski definition) is 11. The maximum Gasteiger partial charge on any atom is 0.352 e. The molecule has 1 aromatic rings. The van der Waals surface area contributed by atoms with E-state index in [1.54, 1.807) is 5.38 Å². The molecule has 3 atom stereocenters. The lowest BCUT2D eigenvalue weighted by Gasteiger charge is -2.49. The van der Waals surface area contributed by atoms with Gasteiger partial charge in [0.05, 0.1) is 0 Å². The van der Waals surface area contributed by atoms with Crippen molar-refractivity contribution in [3.8, 4) is 12.3 Å². The lowest BCUT2D eigenvalue weighted by molar-refractivity contribution is -0.150. The van der Waals surface area contributed by atoms with Gasteiger partial charge in [0.25, 0.3) is 11.8 Å².